The Morgan fingerprint density at radius 3 is 2.66 bits per heavy atom. The number of aromatic nitrogens is 2. The first-order chi connectivity index (χ1) is 14.0. The summed E-state index contributed by atoms with van der Waals surface area (Å²) in [5, 5.41) is 11.1. The Hall–Kier alpha value is -2.42. The SMILES string of the molecule is CN(CCO)Cc1ccc(C(=O)NN(c2nc(N)ncc2Cl)C2CCCC2)cc1. The van der Waals surface area contributed by atoms with Gasteiger partial charge in [-0.05, 0) is 37.6 Å². The van der Waals surface area contributed by atoms with Gasteiger partial charge in [0.15, 0.2) is 5.82 Å². The number of hydrazine groups is 1. The maximum Gasteiger partial charge on any atom is 0.269 e. The van der Waals surface area contributed by atoms with Crippen LogP contribution in [0.4, 0.5) is 11.8 Å². The molecule has 0 aliphatic heterocycles. The Bertz CT molecular complexity index is 826. The molecule has 1 aromatic heterocycles. The Morgan fingerprint density at radius 2 is 2.00 bits per heavy atom. The van der Waals surface area contributed by atoms with Crippen LogP contribution < -0.4 is 16.2 Å². The average molecular weight is 419 g/mol. The van der Waals surface area contributed by atoms with Crippen LogP contribution in [0.3, 0.4) is 0 Å². The number of amides is 1. The molecule has 1 saturated carbocycles. The number of halogens is 1. The van der Waals surface area contributed by atoms with Gasteiger partial charge in [0.2, 0.25) is 5.95 Å². The fourth-order valence-electron chi connectivity index (χ4n) is 3.52. The third-order valence-electron chi connectivity index (χ3n) is 5.03. The molecule has 3 rings (SSSR count). The van der Waals surface area contributed by atoms with Crippen molar-refractivity contribution in [1.82, 2.24) is 20.3 Å². The summed E-state index contributed by atoms with van der Waals surface area (Å²) in [5.74, 6) is 0.292. The van der Waals surface area contributed by atoms with Crippen LogP contribution in [0.5, 0.6) is 0 Å². The van der Waals surface area contributed by atoms with Gasteiger partial charge in [0, 0.05) is 18.7 Å². The lowest BCUT2D eigenvalue weighted by Gasteiger charge is -2.30. The van der Waals surface area contributed by atoms with E-state index in [1.165, 1.54) is 6.20 Å². The molecule has 0 radical (unpaired) electrons. The number of hydrogen-bond donors (Lipinski definition) is 3. The van der Waals surface area contributed by atoms with Gasteiger partial charge in [0.05, 0.1) is 18.8 Å². The van der Waals surface area contributed by atoms with Gasteiger partial charge < -0.3 is 10.8 Å². The van der Waals surface area contributed by atoms with Gasteiger partial charge in [-0.2, -0.15) is 4.98 Å². The molecule has 1 aliphatic carbocycles. The van der Waals surface area contributed by atoms with Crippen molar-refractivity contribution in [3.8, 4) is 0 Å². The van der Waals surface area contributed by atoms with Crippen molar-refractivity contribution in [3.63, 3.8) is 0 Å². The molecule has 0 spiro atoms. The standard InChI is InChI=1S/C20H27ClN6O2/c1-26(10-11-28)13-14-6-8-15(9-7-14)19(29)25-27(16-4-2-3-5-16)18-17(21)12-23-20(22)24-18/h6-9,12,16,28H,2-5,10-11,13H2,1H3,(H,25,29)(H2,22,23,24). The molecule has 1 aromatic carbocycles. The molecule has 1 amide bonds. The fourth-order valence-corrected chi connectivity index (χ4v) is 3.70. The molecule has 4 N–H and O–H groups in total. The summed E-state index contributed by atoms with van der Waals surface area (Å²) in [6, 6.07) is 7.52. The number of likely N-dealkylation sites (N-methyl/N-ethyl adjacent to an activating group) is 1. The topological polar surface area (TPSA) is 108 Å². The number of hydrogen-bond acceptors (Lipinski definition) is 7. The van der Waals surface area contributed by atoms with E-state index in [9.17, 15) is 4.79 Å². The minimum atomic E-state index is -0.236. The van der Waals surface area contributed by atoms with E-state index in [1.54, 1.807) is 17.1 Å². The smallest absolute Gasteiger partial charge is 0.269 e. The lowest BCUT2D eigenvalue weighted by Crippen LogP contribution is -2.48. The molecular formula is C20H27ClN6O2. The first-order valence-electron chi connectivity index (χ1n) is 9.74. The van der Waals surface area contributed by atoms with E-state index >= 15 is 0 Å². The summed E-state index contributed by atoms with van der Waals surface area (Å²) in [7, 11) is 1.94. The first-order valence-corrected chi connectivity index (χ1v) is 10.1. The lowest BCUT2D eigenvalue weighted by atomic mass is 10.1. The minimum Gasteiger partial charge on any atom is -0.395 e. The molecule has 0 unspecified atom stereocenters. The zero-order valence-electron chi connectivity index (χ0n) is 16.5. The molecule has 9 heteroatoms. The molecular weight excluding hydrogens is 392 g/mol. The number of aliphatic hydroxyl groups excluding tert-OH is 1. The maximum atomic E-state index is 12.9. The summed E-state index contributed by atoms with van der Waals surface area (Å²) in [6.45, 7) is 1.41. The normalized spacial score (nSPS) is 14.3. The van der Waals surface area contributed by atoms with E-state index in [-0.39, 0.29) is 24.5 Å². The molecule has 0 bridgehead atoms. The fraction of sp³-hybridized carbons (Fsp3) is 0.450. The number of nitrogens with two attached hydrogens (primary N) is 1. The van der Waals surface area contributed by atoms with Crippen molar-refractivity contribution >= 4 is 29.3 Å². The zero-order chi connectivity index (χ0) is 20.8. The van der Waals surface area contributed by atoms with Gasteiger partial charge in [0.1, 0.15) is 5.02 Å². The Kier molecular flexibility index (Phi) is 7.24. The molecule has 1 heterocycles. The first kappa shape index (κ1) is 21.3. The molecule has 8 nitrogen and oxygen atoms in total. The maximum absolute atomic E-state index is 12.9. The second kappa shape index (κ2) is 9.87. The van der Waals surface area contributed by atoms with Crippen LogP contribution >= 0.6 is 11.6 Å². The summed E-state index contributed by atoms with van der Waals surface area (Å²) < 4.78 is 0. The summed E-state index contributed by atoms with van der Waals surface area (Å²) in [5.41, 5.74) is 10.3. The van der Waals surface area contributed by atoms with Crippen LogP contribution in [0, 0.1) is 0 Å². The number of carbonyl (C=O) groups is 1. The predicted octanol–water partition coefficient (Wildman–Crippen LogP) is 2.23. The van der Waals surface area contributed by atoms with Gasteiger partial charge >= 0.3 is 0 Å². The van der Waals surface area contributed by atoms with E-state index in [0.717, 1.165) is 31.2 Å². The monoisotopic (exact) mass is 418 g/mol. The molecule has 1 aliphatic rings. The number of nitrogen functional groups attached to an aromatic ring is 1. The summed E-state index contributed by atoms with van der Waals surface area (Å²) >= 11 is 6.30. The number of rotatable bonds is 8. The van der Waals surface area contributed by atoms with E-state index in [4.69, 9.17) is 22.4 Å². The highest BCUT2D eigenvalue weighted by Gasteiger charge is 2.28. The summed E-state index contributed by atoms with van der Waals surface area (Å²) in [6.07, 6.45) is 5.51. The van der Waals surface area contributed by atoms with Crippen molar-refractivity contribution < 1.29 is 9.90 Å². The molecule has 156 valence electrons. The van der Waals surface area contributed by atoms with Gasteiger partial charge in [-0.3, -0.25) is 20.1 Å². The van der Waals surface area contributed by atoms with E-state index in [2.05, 4.69) is 15.4 Å². The van der Waals surface area contributed by atoms with Crippen LogP contribution in [0.2, 0.25) is 5.02 Å². The Balaban J connectivity index is 1.75. The molecule has 1 fully saturated rings. The highest BCUT2D eigenvalue weighted by atomic mass is 35.5. The van der Waals surface area contributed by atoms with Gasteiger partial charge in [-0.1, -0.05) is 36.6 Å². The third kappa shape index (κ3) is 5.56. The van der Waals surface area contributed by atoms with Gasteiger partial charge in [-0.15, -0.1) is 0 Å². The second-order valence-electron chi connectivity index (χ2n) is 7.31. The minimum absolute atomic E-state index is 0.108. The number of aliphatic hydroxyl groups is 1. The average Bonchev–Trinajstić information content (AvgIpc) is 3.23. The van der Waals surface area contributed by atoms with E-state index in [0.29, 0.717) is 29.5 Å². The third-order valence-corrected chi connectivity index (χ3v) is 5.30. The number of anilines is 2. The van der Waals surface area contributed by atoms with E-state index < -0.39 is 0 Å². The molecule has 0 saturated heterocycles. The highest BCUT2D eigenvalue weighted by molar-refractivity contribution is 6.32. The lowest BCUT2D eigenvalue weighted by molar-refractivity contribution is 0.0944. The van der Waals surface area contributed by atoms with Gasteiger partial charge in [0.25, 0.3) is 5.91 Å². The second-order valence-corrected chi connectivity index (χ2v) is 7.71. The molecule has 2 aromatic rings. The quantitative estimate of drug-likeness (QED) is 0.564. The van der Waals surface area contributed by atoms with Crippen LogP contribution in [0.25, 0.3) is 0 Å². The Morgan fingerprint density at radius 1 is 1.31 bits per heavy atom. The van der Waals surface area contributed by atoms with Crippen LogP contribution in [0.15, 0.2) is 30.5 Å². The number of nitrogens with one attached hydrogen (secondary N) is 1. The largest absolute Gasteiger partial charge is 0.395 e. The summed E-state index contributed by atoms with van der Waals surface area (Å²) in [4.78, 5) is 23.1. The van der Waals surface area contributed by atoms with Crippen molar-refractivity contribution in [2.45, 2.75) is 38.3 Å². The van der Waals surface area contributed by atoms with Crippen LogP contribution in [-0.4, -0.2) is 52.1 Å². The van der Waals surface area contributed by atoms with Crippen molar-refractivity contribution in [1.29, 1.82) is 0 Å². The van der Waals surface area contributed by atoms with Gasteiger partial charge in [-0.25, -0.2) is 4.98 Å². The molecule has 0 atom stereocenters. The molecule has 29 heavy (non-hydrogen) atoms. The van der Waals surface area contributed by atoms with Crippen LogP contribution in [-0.2, 0) is 6.54 Å². The highest BCUT2D eigenvalue weighted by Crippen LogP contribution is 2.30. The van der Waals surface area contributed by atoms with Crippen molar-refractivity contribution in [2.75, 3.05) is 30.9 Å². The van der Waals surface area contributed by atoms with E-state index in [1.807, 2.05) is 24.1 Å². The number of carbonyl (C=O) groups excluding carboxylic acids is 1. The zero-order valence-corrected chi connectivity index (χ0v) is 17.3. The Labute approximate surface area is 175 Å². The number of nitrogens with zero attached hydrogens (tertiary/aromatic N) is 4. The van der Waals surface area contributed by atoms with Crippen molar-refractivity contribution in [3.05, 3.63) is 46.6 Å². The van der Waals surface area contributed by atoms with Crippen LogP contribution in [0.1, 0.15) is 41.6 Å². The predicted molar refractivity (Wildman–Crippen MR) is 114 cm³/mol. The number of benzene rings is 1. The van der Waals surface area contributed by atoms with Crippen molar-refractivity contribution in [2.24, 2.45) is 0 Å².